The molecule has 10 atom stereocenters. The Kier molecular flexibility index (Phi) is 30.7. The second kappa shape index (κ2) is 38.2. The van der Waals surface area contributed by atoms with Crippen LogP contribution >= 0.6 is 75.3 Å². The summed E-state index contributed by atoms with van der Waals surface area (Å²) < 4.78 is 113. The molecule has 5 heterocycles. The van der Waals surface area contributed by atoms with Crippen molar-refractivity contribution in [3.63, 3.8) is 0 Å². The van der Waals surface area contributed by atoms with Gasteiger partial charge in [0.2, 0.25) is 35.8 Å². The number of nitrogens with zero attached hydrogens (tertiary/aromatic N) is 5. The van der Waals surface area contributed by atoms with Crippen LogP contribution in [0, 0.1) is 0 Å². The Morgan fingerprint density at radius 3 is 1.18 bits per heavy atom. The van der Waals surface area contributed by atoms with E-state index in [-0.39, 0.29) is 114 Å². The van der Waals surface area contributed by atoms with Crippen LogP contribution in [0.25, 0.3) is 21.8 Å². The third-order valence-electron chi connectivity index (χ3n) is 13.8. The maximum Gasteiger partial charge on any atom is 0.324 e. The summed E-state index contributed by atoms with van der Waals surface area (Å²) in [6.45, 7) is 10.7. The van der Waals surface area contributed by atoms with E-state index < -0.39 is 128 Å². The topological polar surface area (TPSA) is 398 Å². The second-order valence-corrected chi connectivity index (χ2v) is 25.0. The van der Waals surface area contributed by atoms with Crippen LogP contribution in [0.15, 0.2) is 42.4 Å². The number of aliphatic hydroxyl groups excluding tert-OH is 1. The lowest BCUT2D eigenvalue weighted by Crippen LogP contribution is -2.63. The number of benzene rings is 2. The van der Waals surface area contributed by atoms with Gasteiger partial charge in [-0.05, 0) is 87.5 Å². The number of fused-ring (bicyclic) bond motifs is 2. The quantitative estimate of drug-likeness (QED) is 0.0270. The highest BCUT2D eigenvalue weighted by atomic mass is 79.9. The minimum atomic E-state index is -1.71. The van der Waals surface area contributed by atoms with Crippen molar-refractivity contribution in [2.75, 3.05) is 92.5 Å². The van der Waals surface area contributed by atoms with E-state index in [2.05, 4.69) is 78.7 Å². The van der Waals surface area contributed by atoms with Gasteiger partial charge in [-0.3, -0.25) is 52.3 Å². The van der Waals surface area contributed by atoms with Crippen LogP contribution in [0.5, 0.6) is 35.0 Å². The Morgan fingerprint density at radius 1 is 0.450 bits per heavy atom. The molecular weight excluding hydrogens is 1620 g/mol. The van der Waals surface area contributed by atoms with E-state index in [0.717, 1.165) is 48.5 Å². The van der Waals surface area contributed by atoms with E-state index in [1.54, 1.807) is 12.1 Å². The van der Waals surface area contributed by atoms with Crippen LogP contribution in [0.3, 0.4) is 0 Å². The van der Waals surface area contributed by atoms with Crippen molar-refractivity contribution in [2.24, 2.45) is 0 Å². The molecule has 5 aromatic rings. The first-order chi connectivity index (χ1) is 47.5. The Hall–Kier alpha value is -7.11. The summed E-state index contributed by atoms with van der Waals surface area (Å²) in [6, 6.07) is 2.99. The van der Waals surface area contributed by atoms with E-state index in [4.69, 9.17) is 102 Å². The number of rotatable bonds is 35. The van der Waals surface area contributed by atoms with Crippen LogP contribution in [-0.2, 0) is 95.1 Å². The molecule has 0 amide bonds. The van der Waals surface area contributed by atoms with E-state index >= 15 is 0 Å². The minimum absolute atomic E-state index is 0.00589. The van der Waals surface area contributed by atoms with Gasteiger partial charge in [-0.15, -0.1) is 4.98 Å². The largest absolute Gasteiger partial charge is 0.489 e. The summed E-state index contributed by atoms with van der Waals surface area (Å²) in [5, 5.41) is 11.8. The van der Waals surface area contributed by atoms with Crippen molar-refractivity contribution in [3.05, 3.63) is 47.7 Å². The maximum atomic E-state index is 13.0. The molecule has 0 radical (unpaired) electrons. The molecule has 34 nitrogen and oxygen atoms in total. The molecule has 39 heteroatoms. The predicted octanol–water partition coefficient (Wildman–Crippen LogP) is 6.14. The molecule has 548 valence electrons. The Bertz CT molecular complexity index is 3760. The molecule has 0 spiro atoms. The lowest BCUT2D eigenvalue weighted by molar-refractivity contribution is -0.288. The van der Waals surface area contributed by atoms with E-state index in [0.29, 0.717) is 45.4 Å². The molecule has 7 rings (SSSR count). The van der Waals surface area contributed by atoms with Gasteiger partial charge in [0.1, 0.15) is 81.0 Å². The molecule has 2 saturated heterocycles. The molecule has 3 aromatic heterocycles. The zero-order valence-corrected chi connectivity index (χ0v) is 62.1. The second-order valence-electron chi connectivity index (χ2n) is 21.4. The third kappa shape index (κ3) is 22.4. The van der Waals surface area contributed by atoms with Crippen molar-refractivity contribution in [2.45, 2.75) is 124 Å². The number of esters is 7. The van der Waals surface area contributed by atoms with Gasteiger partial charge in [0.15, 0.2) is 24.4 Å². The van der Waals surface area contributed by atoms with Gasteiger partial charge in [-0.1, -0.05) is 0 Å². The van der Waals surface area contributed by atoms with Crippen LogP contribution in [0.1, 0.15) is 71.9 Å². The predicted molar refractivity (Wildman–Crippen MR) is 353 cm³/mol. The third-order valence-corrected chi connectivity index (χ3v) is 16.6. The van der Waals surface area contributed by atoms with Crippen LogP contribution in [0.4, 0.5) is 0 Å². The summed E-state index contributed by atoms with van der Waals surface area (Å²) in [5.41, 5.74) is 0.701. The summed E-state index contributed by atoms with van der Waals surface area (Å²) in [7, 11) is 0. The van der Waals surface area contributed by atoms with Crippen molar-refractivity contribution >= 4 is 151 Å². The Labute approximate surface area is 608 Å². The number of aromatic nitrogens is 5. The van der Waals surface area contributed by atoms with Crippen molar-refractivity contribution in [1.82, 2.24) is 24.1 Å². The highest BCUT2D eigenvalue weighted by Gasteiger charge is 2.54. The summed E-state index contributed by atoms with van der Waals surface area (Å²) >= 11 is 20.3. The first-order valence-electron chi connectivity index (χ1n) is 30.3. The molecule has 2 aliphatic heterocycles. The molecule has 0 saturated carbocycles. The van der Waals surface area contributed by atoms with Crippen LogP contribution in [0.2, 0.25) is 5.28 Å². The lowest BCUT2D eigenvalue weighted by Gasteiger charge is -2.43. The summed E-state index contributed by atoms with van der Waals surface area (Å²) in [5.74, 6) is -5.73. The minimum Gasteiger partial charge on any atom is -0.489 e. The zero-order valence-electron chi connectivity index (χ0n) is 55.0. The standard InChI is InChI=1S/C61H70Br4ClN5O29/c1-28(72)70-24-41(97-57-54(94-34(7)78)49(81)52(92-32(5)76)43(99-57)26-90-30(3)74)45-39(70)22-37(62)50(47(45)64)86-18-14-82-10-12-84-16-20-88-60-67-59(66)68-61(69-60)89-21-17-85-13-11-83-15-19-87-51-38(63)23-40-46(48(51)65)42(25-71(40)29(2)73)98-58-56(96-36(9)80)55(95-35(8)79)53(93-33(6)77)44(100-58)27-91-31(4)75/h22-25,43-44,49,52-58,81H,10-21,26-27H2,1-9H3/t43-,44-,49+,52-,53-,54-,55+,56-,57-,58-/m1/s1. The lowest BCUT2D eigenvalue weighted by atomic mass is 9.98. The summed E-state index contributed by atoms with van der Waals surface area (Å²) in [6.07, 6.45) is -12.3. The normalized spacial score (nSPS) is 20.4. The van der Waals surface area contributed by atoms with E-state index in [9.17, 15) is 48.3 Å². The average molecular weight is 1690 g/mol. The first-order valence-corrected chi connectivity index (χ1v) is 33.8. The van der Waals surface area contributed by atoms with Crippen molar-refractivity contribution in [1.29, 1.82) is 0 Å². The van der Waals surface area contributed by atoms with Gasteiger partial charge in [-0.2, -0.15) is 9.97 Å². The van der Waals surface area contributed by atoms with Crippen LogP contribution < -0.4 is 28.4 Å². The number of halogens is 5. The molecule has 0 unspecified atom stereocenters. The molecule has 2 fully saturated rings. The molecule has 0 bridgehead atoms. The number of hydrogen-bond donors (Lipinski definition) is 1. The van der Waals surface area contributed by atoms with Gasteiger partial charge < -0.3 is 95.1 Å². The Morgan fingerprint density at radius 2 is 0.790 bits per heavy atom. The van der Waals surface area contributed by atoms with Gasteiger partial charge in [0, 0.05) is 62.3 Å². The van der Waals surface area contributed by atoms with Crippen LogP contribution in [-0.4, -0.2) is 237 Å². The van der Waals surface area contributed by atoms with Gasteiger partial charge in [-0.25, -0.2) is 0 Å². The number of ether oxygens (including phenoxy) is 19. The SMILES string of the molecule is CC(=O)OC[C@H]1O[C@@H](Oc2cn(C(C)=O)c3cc(Br)c(OCCOCCOCCOc4nc(Cl)nc(OCCOCCOCCOc5c(Br)cc6c(c(O[C@@H]7O[C@H](COC(C)=O)[C@@H](OC(C)=O)[C@H](OC(C)=O)[C@H]7OC(C)=O)cn6C(C)=O)c5Br)n4)c(Br)c23)[C@H](OC(C)=O)[C@@H](O)[C@@H]1OC(C)=O. The van der Waals surface area contributed by atoms with Gasteiger partial charge in [0.05, 0.1) is 105 Å². The number of hydrogen-bond acceptors (Lipinski definition) is 32. The number of carbonyl (C=O) groups is 9. The fourth-order valence-electron chi connectivity index (χ4n) is 9.88. The molecule has 1 N–H and O–H groups in total. The molecule has 2 aliphatic rings. The molecule has 0 aliphatic carbocycles. The van der Waals surface area contributed by atoms with Gasteiger partial charge in [0.25, 0.3) is 0 Å². The molecule has 2 aromatic carbocycles. The van der Waals surface area contributed by atoms with E-state index in [1.807, 2.05) is 0 Å². The first kappa shape index (κ1) is 80.2. The zero-order chi connectivity index (χ0) is 73.1. The highest BCUT2D eigenvalue weighted by Crippen LogP contribution is 2.47. The van der Waals surface area contributed by atoms with E-state index in [1.165, 1.54) is 35.4 Å². The number of carbonyl (C=O) groups excluding carboxylic acids is 9. The summed E-state index contributed by atoms with van der Waals surface area (Å²) in [4.78, 5) is 123. The average Bonchev–Trinajstić information content (AvgIpc) is 1.56. The van der Waals surface area contributed by atoms with Crippen molar-refractivity contribution in [3.8, 4) is 35.0 Å². The highest BCUT2D eigenvalue weighted by molar-refractivity contribution is 9.11. The maximum absolute atomic E-state index is 13.0. The Balaban J connectivity index is 0.824. The molecular formula is C61H70Br4ClN5O29. The van der Waals surface area contributed by atoms with Crippen molar-refractivity contribution < 1.29 is 138 Å². The smallest absolute Gasteiger partial charge is 0.324 e. The number of aliphatic hydroxyl groups is 1. The van der Waals surface area contributed by atoms with Gasteiger partial charge >= 0.3 is 53.8 Å². The molecule has 100 heavy (non-hydrogen) atoms. The fraction of sp³-hybridized carbons (Fsp3) is 0.541. The monoisotopic (exact) mass is 1690 g/mol. The fourth-order valence-corrected chi connectivity index (χ4v) is 13.1.